The van der Waals surface area contributed by atoms with Crippen molar-refractivity contribution in [3.8, 4) is 0 Å². The number of carbonyl (C=O) groups excluding carboxylic acids is 2. The van der Waals surface area contributed by atoms with Crippen molar-refractivity contribution >= 4 is 23.6 Å². The van der Waals surface area contributed by atoms with E-state index in [9.17, 15) is 28.0 Å². The zero-order valence-corrected chi connectivity index (χ0v) is 11.9. The molecule has 3 N–H and O–H groups in total. The number of nitrogens with one attached hydrogen (secondary N) is 1. The van der Waals surface area contributed by atoms with Crippen LogP contribution in [-0.2, 0) is 14.4 Å². The van der Waals surface area contributed by atoms with Crippen molar-refractivity contribution in [1.29, 1.82) is 0 Å². The molecule has 0 saturated heterocycles. The molecule has 1 rings (SSSR count). The molecule has 0 unspecified atom stereocenters. The highest BCUT2D eigenvalue weighted by Crippen LogP contribution is 2.19. The number of aliphatic carboxylic acids is 2. The second kappa shape index (κ2) is 6.95. The van der Waals surface area contributed by atoms with Crippen LogP contribution in [0.3, 0.4) is 0 Å². The molecule has 124 valence electrons. The number of amides is 1. The number of rotatable bonds is 7. The van der Waals surface area contributed by atoms with Gasteiger partial charge in [-0.3, -0.25) is 9.59 Å². The van der Waals surface area contributed by atoms with E-state index in [2.05, 4.69) is 0 Å². The first-order chi connectivity index (χ1) is 10.6. The van der Waals surface area contributed by atoms with Crippen LogP contribution in [0.2, 0.25) is 0 Å². The molecule has 0 atom stereocenters. The highest BCUT2D eigenvalue weighted by molar-refractivity contribution is 6.07. The van der Waals surface area contributed by atoms with E-state index in [1.165, 1.54) is 0 Å². The lowest BCUT2D eigenvalue weighted by Crippen LogP contribution is -2.59. The summed E-state index contributed by atoms with van der Waals surface area (Å²) in [4.78, 5) is 45.4. The molecule has 0 aromatic heterocycles. The Labute approximate surface area is 128 Å². The standard InChI is InChI=1S/C14H13F2NO6/c1-7(18)17-14(12(20)21,13(22)23)5-4-11(19)9-3-2-8(15)6-10(9)16/h2-3,6H,4-5H2,1H3,(H,17,18)(H,20,21)(H,22,23). The van der Waals surface area contributed by atoms with Crippen LogP contribution >= 0.6 is 0 Å². The Morgan fingerprint density at radius 2 is 1.70 bits per heavy atom. The summed E-state index contributed by atoms with van der Waals surface area (Å²) in [7, 11) is 0. The van der Waals surface area contributed by atoms with Crippen LogP contribution < -0.4 is 5.32 Å². The summed E-state index contributed by atoms with van der Waals surface area (Å²) in [5.41, 5.74) is -3.21. The fraction of sp³-hybridized carbons (Fsp3) is 0.286. The largest absolute Gasteiger partial charge is 0.479 e. The molecule has 7 nitrogen and oxygen atoms in total. The molecular weight excluding hydrogens is 316 g/mol. The Morgan fingerprint density at radius 1 is 1.13 bits per heavy atom. The molecule has 1 amide bonds. The Morgan fingerprint density at radius 3 is 2.13 bits per heavy atom. The van der Waals surface area contributed by atoms with E-state index in [1.54, 1.807) is 5.32 Å². The van der Waals surface area contributed by atoms with Gasteiger partial charge in [-0.1, -0.05) is 0 Å². The van der Waals surface area contributed by atoms with Crippen LogP contribution in [0.15, 0.2) is 18.2 Å². The summed E-state index contributed by atoms with van der Waals surface area (Å²) in [6.07, 6.45) is -1.48. The minimum atomic E-state index is -2.71. The Bertz CT molecular complexity index is 659. The molecule has 0 heterocycles. The quantitative estimate of drug-likeness (QED) is 0.506. The zero-order valence-electron chi connectivity index (χ0n) is 11.9. The monoisotopic (exact) mass is 329 g/mol. The summed E-state index contributed by atoms with van der Waals surface area (Å²) in [6.45, 7) is 0.919. The molecular formula is C14H13F2NO6. The summed E-state index contributed by atoms with van der Waals surface area (Å²) in [5.74, 6) is -7.62. The van der Waals surface area contributed by atoms with E-state index >= 15 is 0 Å². The highest BCUT2D eigenvalue weighted by Gasteiger charge is 2.47. The Balaban J connectivity index is 3.02. The average molecular weight is 329 g/mol. The maximum Gasteiger partial charge on any atom is 0.341 e. The van der Waals surface area contributed by atoms with E-state index in [0.29, 0.717) is 6.07 Å². The Hall–Kier alpha value is -2.84. The molecule has 0 fully saturated rings. The SMILES string of the molecule is CC(=O)NC(CCC(=O)c1ccc(F)cc1F)(C(=O)O)C(=O)O. The van der Waals surface area contributed by atoms with E-state index in [0.717, 1.165) is 19.1 Å². The van der Waals surface area contributed by atoms with Crippen molar-refractivity contribution < 1.29 is 38.2 Å². The number of Topliss-reactive ketones (excluding diaryl/α,β-unsaturated/α-hetero) is 1. The third-order valence-corrected chi connectivity index (χ3v) is 3.08. The van der Waals surface area contributed by atoms with Crippen LogP contribution in [0.1, 0.15) is 30.1 Å². The molecule has 0 spiro atoms. The number of carboxylic acids is 2. The number of carbonyl (C=O) groups is 4. The van der Waals surface area contributed by atoms with Crippen molar-refractivity contribution in [2.24, 2.45) is 0 Å². The third kappa shape index (κ3) is 4.09. The fourth-order valence-corrected chi connectivity index (χ4v) is 1.93. The molecule has 0 bridgehead atoms. The summed E-state index contributed by atoms with van der Waals surface area (Å²) < 4.78 is 26.3. The molecule has 0 aliphatic rings. The average Bonchev–Trinajstić information content (AvgIpc) is 2.41. The van der Waals surface area contributed by atoms with Crippen LogP contribution in [0.5, 0.6) is 0 Å². The van der Waals surface area contributed by atoms with Crippen molar-refractivity contribution in [2.45, 2.75) is 25.3 Å². The summed E-state index contributed by atoms with van der Waals surface area (Å²) >= 11 is 0. The first-order valence-electron chi connectivity index (χ1n) is 6.34. The van der Waals surface area contributed by atoms with E-state index in [1.807, 2.05) is 0 Å². The van der Waals surface area contributed by atoms with Gasteiger partial charge in [0.1, 0.15) is 11.6 Å². The molecule has 0 radical (unpaired) electrons. The number of hydrogen-bond acceptors (Lipinski definition) is 4. The zero-order chi connectivity index (χ0) is 17.8. The van der Waals surface area contributed by atoms with Gasteiger partial charge in [0.05, 0.1) is 5.56 Å². The lowest BCUT2D eigenvalue weighted by Gasteiger charge is -2.25. The molecule has 0 aliphatic carbocycles. The third-order valence-electron chi connectivity index (χ3n) is 3.08. The van der Waals surface area contributed by atoms with Crippen LogP contribution in [0.4, 0.5) is 8.78 Å². The maximum absolute atomic E-state index is 13.5. The first kappa shape index (κ1) is 18.2. The predicted molar refractivity (Wildman–Crippen MR) is 71.7 cm³/mol. The molecule has 23 heavy (non-hydrogen) atoms. The van der Waals surface area contributed by atoms with E-state index in [4.69, 9.17) is 10.2 Å². The summed E-state index contributed by atoms with van der Waals surface area (Å²) in [5, 5.41) is 20.0. The van der Waals surface area contributed by atoms with Crippen LogP contribution in [-0.4, -0.2) is 39.4 Å². The van der Waals surface area contributed by atoms with Gasteiger partial charge in [-0.15, -0.1) is 0 Å². The van der Waals surface area contributed by atoms with Gasteiger partial charge in [-0.25, -0.2) is 18.4 Å². The van der Waals surface area contributed by atoms with Crippen molar-refractivity contribution in [3.05, 3.63) is 35.4 Å². The Kier molecular flexibility index (Phi) is 5.50. The topological polar surface area (TPSA) is 121 Å². The smallest absolute Gasteiger partial charge is 0.341 e. The van der Waals surface area contributed by atoms with Gasteiger partial charge >= 0.3 is 11.9 Å². The number of ketones is 1. The van der Waals surface area contributed by atoms with E-state index < -0.39 is 59.2 Å². The second-order valence-electron chi connectivity index (χ2n) is 4.74. The summed E-state index contributed by atoms with van der Waals surface area (Å²) in [6, 6.07) is 2.18. The maximum atomic E-state index is 13.5. The number of benzene rings is 1. The predicted octanol–water partition coefficient (Wildman–Crippen LogP) is 0.972. The fourth-order valence-electron chi connectivity index (χ4n) is 1.93. The molecule has 1 aromatic carbocycles. The normalized spacial score (nSPS) is 10.9. The number of carboxylic acid groups (broad SMARTS) is 2. The molecule has 0 saturated carbocycles. The minimum absolute atomic E-state index is 0.475. The lowest BCUT2D eigenvalue weighted by molar-refractivity contribution is -0.161. The highest BCUT2D eigenvalue weighted by atomic mass is 19.1. The van der Waals surface area contributed by atoms with Gasteiger partial charge in [0.15, 0.2) is 5.78 Å². The van der Waals surface area contributed by atoms with Crippen LogP contribution in [0.25, 0.3) is 0 Å². The molecule has 1 aromatic rings. The van der Waals surface area contributed by atoms with Crippen molar-refractivity contribution in [3.63, 3.8) is 0 Å². The second-order valence-corrected chi connectivity index (χ2v) is 4.74. The lowest BCUT2D eigenvalue weighted by atomic mass is 9.90. The molecule has 0 aliphatic heterocycles. The number of hydrogen-bond donors (Lipinski definition) is 3. The molecule has 9 heteroatoms. The van der Waals surface area contributed by atoms with Gasteiger partial charge in [-0.05, 0) is 18.6 Å². The van der Waals surface area contributed by atoms with Gasteiger partial charge in [0, 0.05) is 19.4 Å². The van der Waals surface area contributed by atoms with Crippen molar-refractivity contribution in [1.82, 2.24) is 5.32 Å². The first-order valence-corrected chi connectivity index (χ1v) is 6.34. The van der Waals surface area contributed by atoms with Gasteiger partial charge in [-0.2, -0.15) is 0 Å². The van der Waals surface area contributed by atoms with Crippen LogP contribution in [0, 0.1) is 11.6 Å². The van der Waals surface area contributed by atoms with E-state index in [-0.39, 0.29) is 0 Å². The van der Waals surface area contributed by atoms with Crippen molar-refractivity contribution in [2.75, 3.05) is 0 Å². The van der Waals surface area contributed by atoms with Gasteiger partial charge in [0.25, 0.3) is 0 Å². The van der Waals surface area contributed by atoms with Gasteiger partial charge in [0.2, 0.25) is 11.4 Å². The number of halogens is 2. The van der Waals surface area contributed by atoms with Gasteiger partial charge < -0.3 is 15.5 Å². The minimum Gasteiger partial charge on any atom is -0.479 e.